The molecule has 1 aliphatic carbocycles. The quantitative estimate of drug-likeness (QED) is 0.569. The van der Waals surface area contributed by atoms with E-state index in [1.54, 1.807) is 18.7 Å². The van der Waals surface area contributed by atoms with Gasteiger partial charge in [0.1, 0.15) is 5.69 Å². The summed E-state index contributed by atoms with van der Waals surface area (Å²) in [6, 6.07) is -0.0805. The van der Waals surface area contributed by atoms with Crippen LogP contribution in [0.3, 0.4) is 0 Å². The Morgan fingerprint density at radius 1 is 1.19 bits per heavy atom. The molecule has 1 aromatic rings. The molecule has 1 aliphatic rings. The van der Waals surface area contributed by atoms with E-state index >= 15 is 0 Å². The van der Waals surface area contributed by atoms with Crippen LogP contribution in [-0.2, 0) is 11.3 Å². The lowest BCUT2D eigenvalue weighted by atomic mass is 10.1. The molecule has 0 spiro atoms. The molecule has 2 amide bonds. The van der Waals surface area contributed by atoms with Gasteiger partial charge in [-0.15, -0.1) is 0 Å². The molecular formula is C19H29N3O4. The lowest BCUT2D eigenvalue weighted by Crippen LogP contribution is -2.44. The van der Waals surface area contributed by atoms with Gasteiger partial charge >= 0.3 is 12.0 Å². The van der Waals surface area contributed by atoms with Gasteiger partial charge in [0, 0.05) is 30.4 Å². The van der Waals surface area contributed by atoms with Crippen LogP contribution in [0.5, 0.6) is 0 Å². The number of hydrogen-bond donors (Lipinski definition) is 1. The molecule has 0 bridgehead atoms. The minimum Gasteiger partial charge on any atom is -0.461 e. The van der Waals surface area contributed by atoms with Crippen molar-refractivity contribution in [1.29, 1.82) is 0 Å². The van der Waals surface area contributed by atoms with E-state index in [4.69, 9.17) is 4.74 Å². The Morgan fingerprint density at radius 2 is 1.85 bits per heavy atom. The van der Waals surface area contributed by atoms with Crippen molar-refractivity contribution in [3.63, 3.8) is 0 Å². The summed E-state index contributed by atoms with van der Waals surface area (Å²) < 4.78 is 6.97. The van der Waals surface area contributed by atoms with Crippen molar-refractivity contribution < 1.29 is 19.1 Å². The van der Waals surface area contributed by atoms with Gasteiger partial charge in [0.2, 0.25) is 0 Å². The summed E-state index contributed by atoms with van der Waals surface area (Å²) in [7, 11) is 0. The van der Waals surface area contributed by atoms with Crippen LogP contribution in [0.4, 0.5) is 4.79 Å². The zero-order valence-corrected chi connectivity index (χ0v) is 16.3. The third-order valence-electron chi connectivity index (χ3n) is 4.72. The Morgan fingerprint density at radius 3 is 2.35 bits per heavy atom. The van der Waals surface area contributed by atoms with Crippen molar-refractivity contribution in [3.8, 4) is 0 Å². The van der Waals surface area contributed by atoms with Crippen molar-refractivity contribution >= 4 is 17.8 Å². The molecule has 0 unspecified atom stereocenters. The second kappa shape index (κ2) is 8.38. The van der Waals surface area contributed by atoms with Crippen LogP contribution < -0.4 is 5.32 Å². The minimum atomic E-state index is -0.420. The molecule has 7 heteroatoms. The highest BCUT2D eigenvalue weighted by Gasteiger charge is 2.35. The summed E-state index contributed by atoms with van der Waals surface area (Å²) in [4.78, 5) is 39.2. The third-order valence-corrected chi connectivity index (χ3v) is 4.72. The van der Waals surface area contributed by atoms with Gasteiger partial charge in [0.15, 0.2) is 5.78 Å². The van der Waals surface area contributed by atoms with Crippen molar-refractivity contribution in [2.45, 2.75) is 60.0 Å². The molecule has 0 radical (unpaired) electrons. The number of nitrogens with one attached hydrogen (secondary N) is 1. The fourth-order valence-corrected chi connectivity index (χ4v) is 3.40. The molecule has 0 aromatic carbocycles. The highest BCUT2D eigenvalue weighted by Crippen LogP contribution is 2.29. The van der Waals surface area contributed by atoms with Crippen molar-refractivity contribution in [2.75, 3.05) is 19.7 Å². The largest absolute Gasteiger partial charge is 0.461 e. The number of Topliss-reactive ketones (excluding diaryl/α,β-unsaturated/α-hetero) is 1. The Balaban J connectivity index is 2.33. The van der Waals surface area contributed by atoms with E-state index in [0.29, 0.717) is 29.9 Å². The average Bonchev–Trinajstić information content (AvgIpc) is 3.38. The van der Waals surface area contributed by atoms with E-state index in [0.717, 1.165) is 18.5 Å². The number of carbonyl (C=O) groups excluding carboxylic acids is 3. The monoisotopic (exact) mass is 363 g/mol. The molecule has 1 saturated carbocycles. The molecule has 0 atom stereocenters. The highest BCUT2D eigenvalue weighted by atomic mass is 16.5. The molecule has 7 nitrogen and oxygen atoms in total. The van der Waals surface area contributed by atoms with Crippen LogP contribution in [0.25, 0.3) is 0 Å². The minimum absolute atomic E-state index is 0.0220. The van der Waals surface area contributed by atoms with Crippen LogP contribution in [0.15, 0.2) is 0 Å². The van der Waals surface area contributed by atoms with Crippen molar-refractivity contribution in [1.82, 2.24) is 14.8 Å². The summed E-state index contributed by atoms with van der Waals surface area (Å²) in [6.07, 6.45) is 1.85. The standard InChI is InChI=1S/C19H29N3O4/c1-6-20-19(25)22(14-9-10-14)11-15(23)16-12(4)17(18(24)26-8-3)21(7-2)13(16)5/h14H,6-11H2,1-5H3,(H,20,25). The average molecular weight is 363 g/mol. The van der Waals surface area contributed by atoms with E-state index in [-0.39, 0.29) is 31.0 Å². The topological polar surface area (TPSA) is 80.6 Å². The molecule has 1 fully saturated rings. The number of amides is 2. The van der Waals surface area contributed by atoms with E-state index in [1.807, 2.05) is 25.3 Å². The lowest BCUT2D eigenvalue weighted by Gasteiger charge is -2.22. The van der Waals surface area contributed by atoms with Gasteiger partial charge in [0.25, 0.3) is 0 Å². The number of rotatable bonds is 8. The van der Waals surface area contributed by atoms with Crippen LogP contribution >= 0.6 is 0 Å². The zero-order chi connectivity index (χ0) is 19.4. The SMILES string of the molecule is CCNC(=O)N(CC(=O)c1c(C)c(C(=O)OCC)n(CC)c1C)C1CC1. The van der Waals surface area contributed by atoms with Crippen LogP contribution in [0.2, 0.25) is 0 Å². The summed E-state index contributed by atoms with van der Waals surface area (Å²) in [6.45, 7) is 10.5. The number of ether oxygens (including phenoxy) is 1. The maximum absolute atomic E-state index is 13.0. The number of nitrogens with zero attached hydrogens (tertiary/aromatic N) is 2. The van der Waals surface area contributed by atoms with Gasteiger partial charge in [-0.25, -0.2) is 9.59 Å². The predicted octanol–water partition coefficient (Wildman–Crippen LogP) is 2.68. The maximum atomic E-state index is 13.0. The van der Waals surface area contributed by atoms with Gasteiger partial charge in [-0.3, -0.25) is 4.79 Å². The molecule has 1 aromatic heterocycles. The molecule has 0 aliphatic heterocycles. The summed E-state index contributed by atoms with van der Waals surface area (Å²) in [5.41, 5.74) is 2.31. The van der Waals surface area contributed by atoms with Crippen LogP contribution in [0, 0.1) is 13.8 Å². The number of esters is 1. The second-order valence-electron chi connectivity index (χ2n) is 6.52. The molecule has 2 rings (SSSR count). The highest BCUT2D eigenvalue weighted by molar-refractivity contribution is 6.04. The van der Waals surface area contributed by atoms with E-state index in [9.17, 15) is 14.4 Å². The summed E-state index contributed by atoms with van der Waals surface area (Å²) >= 11 is 0. The van der Waals surface area contributed by atoms with E-state index in [2.05, 4.69) is 5.32 Å². The van der Waals surface area contributed by atoms with Crippen LogP contribution in [0.1, 0.15) is 65.7 Å². The van der Waals surface area contributed by atoms with E-state index in [1.165, 1.54) is 0 Å². The first-order valence-corrected chi connectivity index (χ1v) is 9.31. The van der Waals surface area contributed by atoms with E-state index < -0.39 is 5.97 Å². The third kappa shape index (κ3) is 3.92. The number of urea groups is 1. The van der Waals surface area contributed by atoms with Gasteiger partial charge in [-0.1, -0.05) is 0 Å². The van der Waals surface area contributed by atoms with Gasteiger partial charge in [-0.2, -0.15) is 0 Å². The Labute approximate surface area is 154 Å². The first-order chi connectivity index (χ1) is 12.4. The molecule has 0 saturated heterocycles. The molecule has 144 valence electrons. The number of aromatic nitrogens is 1. The van der Waals surface area contributed by atoms with Gasteiger partial charge in [-0.05, 0) is 53.0 Å². The fraction of sp³-hybridized carbons (Fsp3) is 0.632. The van der Waals surface area contributed by atoms with Crippen molar-refractivity contribution in [2.24, 2.45) is 0 Å². The number of ketones is 1. The normalized spacial score (nSPS) is 13.4. The molecule has 1 N–H and O–H groups in total. The van der Waals surface area contributed by atoms with Crippen LogP contribution in [-0.4, -0.2) is 53.0 Å². The summed E-state index contributed by atoms with van der Waals surface area (Å²) in [5.74, 6) is -0.562. The van der Waals surface area contributed by atoms with Gasteiger partial charge in [0.05, 0.1) is 13.2 Å². The summed E-state index contributed by atoms with van der Waals surface area (Å²) in [5, 5.41) is 2.77. The lowest BCUT2D eigenvalue weighted by molar-refractivity contribution is 0.0512. The van der Waals surface area contributed by atoms with Crippen molar-refractivity contribution in [3.05, 3.63) is 22.5 Å². The first kappa shape index (κ1) is 20.0. The molecule has 26 heavy (non-hydrogen) atoms. The maximum Gasteiger partial charge on any atom is 0.355 e. The predicted molar refractivity (Wildman–Crippen MR) is 98.7 cm³/mol. The molecular weight excluding hydrogens is 334 g/mol. The second-order valence-corrected chi connectivity index (χ2v) is 6.52. The zero-order valence-electron chi connectivity index (χ0n) is 16.3. The Bertz CT molecular complexity index is 704. The molecule has 1 heterocycles. The Kier molecular flexibility index (Phi) is 6.45. The number of carbonyl (C=O) groups is 3. The fourth-order valence-electron chi connectivity index (χ4n) is 3.40. The number of hydrogen-bond acceptors (Lipinski definition) is 4. The first-order valence-electron chi connectivity index (χ1n) is 9.31. The Hall–Kier alpha value is -2.31. The smallest absolute Gasteiger partial charge is 0.355 e. The van der Waals surface area contributed by atoms with Gasteiger partial charge < -0.3 is 19.5 Å².